The van der Waals surface area contributed by atoms with Crippen LogP contribution in [0.2, 0.25) is 0 Å². The summed E-state index contributed by atoms with van der Waals surface area (Å²) in [6, 6.07) is 0.343. The molecule has 0 radical (unpaired) electrons. The number of nitrogens with one attached hydrogen (secondary N) is 1. The van der Waals surface area contributed by atoms with Crippen LogP contribution in [-0.2, 0) is 0 Å². The number of aromatic nitrogens is 1. The molecular formula is C13H26N4S. The van der Waals surface area contributed by atoms with Crippen molar-refractivity contribution in [1.29, 1.82) is 0 Å². The maximum Gasteiger partial charge on any atom is 0.185 e. The normalized spacial score (nSPS) is 13.0. The lowest BCUT2D eigenvalue weighted by Gasteiger charge is -2.17. The zero-order chi connectivity index (χ0) is 13.5. The molecule has 0 saturated heterocycles. The second kappa shape index (κ2) is 7.71. The molecule has 4 nitrogen and oxygen atoms in total. The molecule has 0 spiro atoms. The summed E-state index contributed by atoms with van der Waals surface area (Å²) < 4.78 is 0. The average molecular weight is 270 g/mol. The van der Waals surface area contributed by atoms with Crippen molar-refractivity contribution in [1.82, 2.24) is 15.2 Å². The lowest BCUT2D eigenvalue weighted by atomic mass is 10.3. The lowest BCUT2D eigenvalue weighted by molar-refractivity contribution is 0.401. The third-order valence-electron chi connectivity index (χ3n) is 2.89. The van der Waals surface area contributed by atoms with Crippen LogP contribution in [0.5, 0.6) is 0 Å². The van der Waals surface area contributed by atoms with E-state index in [9.17, 15) is 0 Å². The number of thiazole rings is 1. The summed E-state index contributed by atoms with van der Waals surface area (Å²) in [5.74, 6) is 0. The first-order chi connectivity index (χ1) is 8.54. The van der Waals surface area contributed by atoms with Gasteiger partial charge in [0.2, 0.25) is 0 Å². The zero-order valence-corrected chi connectivity index (χ0v) is 13.0. The summed E-state index contributed by atoms with van der Waals surface area (Å²) >= 11 is 1.73. The van der Waals surface area contributed by atoms with Crippen molar-refractivity contribution < 1.29 is 0 Å². The standard InChI is InChI=1S/C13H26N4S/c1-6-14-11(2)12-10-18-13(15-12)17(5)9-7-8-16(3)4/h10-11,14H,6-9H2,1-5H3. The highest BCUT2D eigenvalue weighted by Crippen LogP contribution is 2.23. The van der Waals surface area contributed by atoms with E-state index in [1.165, 1.54) is 6.42 Å². The van der Waals surface area contributed by atoms with E-state index in [1.54, 1.807) is 11.3 Å². The van der Waals surface area contributed by atoms with Gasteiger partial charge in [0.05, 0.1) is 5.69 Å². The SMILES string of the molecule is CCNC(C)c1csc(N(C)CCCN(C)C)n1. The highest BCUT2D eigenvalue weighted by Gasteiger charge is 2.11. The van der Waals surface area contributed by atoms with E-state index in [2.05, 4.69) is 55.5 Å². The molecule has 1 N–H and O–H groups in total. The fraction of sp³-hybridized carbons (Fsp3) is 0.769. The van der Waals surface area contributed by atoms with Crippen molar-refractivity contribution in [3.05, 3.63) is 11.1 Å². The van der Waals surface area contributed by atoms with Crippen molar-refractivity contribution in [3.8, 4) is 0 Å². The van der Waals surface area contributed by atoms with E-state index in [4.69, 9.17) is 4.98 Å². The minimum Gasteiger partial charge on any atom is -0.351 e. The van der Waals surface area contributed by atoms with Gasteiger partial charge in [0.15, 0.2) is 5.13 Å². The Hall–Kier alpha value is -0.650. The Kier molecular flexibility index (Phi) is 6.60. The summed E-state index contributed by atoms with van der Waals surface area (Å²) in [5.41, 5.74) is 1.15. The van der Waals surface area contributed by atoms with Crippen LogP contribution in [0.15, 0.2) is 5.38 Å². The van der Waals surface area contributed by atoms with Crippen LogP contribution < -0.4 is 10.2 Å². The van der Waals surface area contributed by atoms with Crippen molar-refractivity contribution >= 4 is 16.5 Å². The molecule has 1 unspecified atom stereocenters. The maximum absolute atomic E-state index is 4.69. The first-order valence-corrected chi connectivity index (χ1v) is 7.47. The summed E-state index contributed by atoms with van der Waals surface area (Å²) in [4.78, 5) is 9.16. The first-order valence-electron chi connectivity index (χ1n) is 6.59. The van der Waals surface area contributed by atoms with E-state index < -0.39 is 0 Å². The van der Waals surface area contributed by atoms with Crippen LogP contribution in [0.1, 0.15) is 32.0 Å². The smallest absolute Gasteiger partial charge is 0.185 e. The third-order valence-corrected chi connectivity index (χ3v) is 3.86. The molecule has 1 atom stereocenters. The Morgan fingerprint density at radius 3 is 2.67 bits per heavy atom. The Bertz CT molecular complexity index is 337. The Balaban J connectivity index is 2.46. The van der Waals surface area contributed by atoms with Gasteiger partial charge in [-0.1, -0.05) is 6.92 Å². The molecule has 0 fully saturated rings. The van der Waals surface area contributed by atoms with Gasteiger partial charge in [-0.15, -0.1) is 11.3 Å². The molecule has 0 amide bonds. The number of nitrogens with zero attached hydrogens (tertiary/aromatic N) is 3. The molecule has 1 heterocycles. The van der Waals surface area contributed by atoms with Gasteiger partial charge in [-0.2, -0.15) is 0 Å². The monoisotopic (exact) mass is 270 g/mol. The van der Waals surface area contributed by atoms with Gasteiger partial charge in [0.25, 0.3) is 0 Å². The van der Waals surface area contributed by atoms with Crippen molar-refractivity contribution in [2.24, 2.45) is 0 Å². The van der Waals surface area contributed by atoms with E-state index in [1.807, 2.05) is 0 Å². The van der Waals surface area contributed by atoms with Crippen LogP contribution in [-0.4, -0.2) is 50.7 Å². The van der Waals surface area contributed by atoms with Crippen LogP contribution in [0.4, 0.5) is 5.13 Å². The molecule has 0 aliphatic heterocycles. The number of hydrogen-bond acceptors (Lipinski definition) is 5. The summed E-state index contributed by atoms with van der Waals surface area (Å²) in [5, 5.41) is 6.67. The largest absolute Gasteiger partial charge is 0.351 e. The predicted molar refractivity (Wildman–Crippen MR) is 80.6 cm³/mol. The quantitative estimate of drug-likeness (QED) is 0.785. The lowest BCUT2D eigenvalue weighted by Crippen LogP contribution is -2.23. The Morgan fingerprint density at radius 2 is 2.06 bits per heavy atom. The van der Waals surface area contributed by atoms with Crippen molar-refractivity contribution in [2.75, 3.05) is 45.7 Å². The Labute approximate surface area is 115 Å². The molecule has 0 aliphatic carbocycles. The van der Waals surface area contributed by atoms with Gasteiger partial charge in [0, 0.05) is 25.0 Å². The van der Waals surface area contributed by atoms with Gasteiger partial charge >= 0.3 is 0 Å². The van der Waals surface area contributed by atoms with Crippen LogP contribution in [0.3, 0.4) is 0 Å². The fourth-order valence-electron chi connectivity index (χ4n) is 1.78. The fourth-order valence-corrected chi connectivity index (χ4v) is 2.69. The molecule has 1 aromatic heterocycles. The van der Waals surface area contributed by atoms with Crippen molar-refractivity contribution in [3.63, 3.8) is 0 Å². The number of rotatable bonds is 8. The van der Waals surface area contributed by atoms with Crippen LogP contribution >= 0.6 is 11.3 Å². The topological polar surface area (TPSA) is 31.4 Å². The number of anilines is 1. The second-order valence-electron chi connectivity index (χ2n) is 4.91. The molecular weight excluding hydrogens is 244 g/mol. The second-order valence-corrected chi connectivity index (χ2v) is 5.75. The predicted octanol–water partition coefficient (Wildman–Crippen LogP) is 2.20. The minimum atomic E-state index is 0.343. The maximum atomic E-state index is 4.69. The van der Waals surface area contributed by atoms with E-state index >= 15 is 0 Å². The van der Waals surface area contributed by atoms with Gasteiger partial charge in [-0.25, -0.2) is 4.98 Å². The van der Waals surface area contributed by atoms with E-state index in [0.717, 1.165) is 30.5 Å². The van der Waals surface area contributed by atoms with Gasteiger partial charge < -0.3 is 15.1 Å². The van der Waals surface area contributed by atoms with Gasteiger partial charge in [0.1, 0.15) is 0 Å². The van der Waals surface area contributed by atoms with E-state index in [0.29, 0.717) is 6.04 Å². The molecule has 18 heavy (non-hydrogen) atoms. The third kappa shape index (κ3) is 4.92. The molecule has 1 aromatic rings. The zero-order valence-electron chi connectivity index (χ0n) is 12.2. The first kappa shape index (κ1) is 15.4. The average Bonchev–Trinajstić information content (AvgIpc) is 2.78. The van der Waals surface area contributed by atoms with E-state index in [-0.39, 0.29) is 0 Å². The van der Waals surface area contributed by atoms with Gasteiger partial charge in [-0.05, 0) is 40.5 Å². The number of hydrogen-bond donors (Lipinski definition) is 1. The molecule has 1 rings (SSSR count). The minimum absolute atomic E-state index is 0.343. The molecule has 104 valence electrons. The molecule has 0 aliphatic rings. The Morgan fingerprint density at radius 1 is 1.33 bits per heavy atom. The van der Waals surface area contributed by atoms with Gasteiger partial charge in [-0.3, -0.25) is 0 Å². The molecule has 0 bridgehead atoms. The summed E-state index contributed by atoms with van der Waals surface area (Å²) in [6.45, 7) is 7.44. The van der Waals surface area contributed by atoms with Crippen molar-refractivity contribution in [2.45, 2.75) is 26.3 Å². The van der Waals surface area contributed by atoms with Crippen LogP contribution in [0.25, 0.3) is 0 Å². The summed E-state index contributed by atoms with van der Waals surface area (Å²) in [7, 11) is 6.34. The summed E-state index contributed by atoms with van der Waals surface area (Å²) in [6.07, 6.45) is 1.17. The molecule has 0 saturated carbocycles. The molecule has 0 aromatic carbocycles. The highest BCUT2D eigenvalue weighted by atomic mass is 32.1. The molecule has 5 heteroatoms. The highest BCUT2D eigenvalue weighted by molar-refractivity contribution is 7.13. The van der Waals surface area contributed by atoms with Crippen LogP contribution in [0, 0.1) is 0 Å².